The van der Waals surface area contributed by atoms with E-state index in [9.17, 15) is 9.59 Å². The minimum Gasteiger partial charge on any atom is -0.468 e. The van der Waals surface area contributed by atoms with Crippen molar-refractivity contribution in [2.75, 3.05) is 26.7 Å². The van der Waals surface area contributed by atoms with Crippen LogP contribution in [0.15, 0.2) is 0 Å². The average Bonchev–Trinajstić information content (AvgIpc) is 2.82. The van der Waals surface area contributed by atoms with Crippen LogP contribution in [0.25, 0.3) is 0 Å². The average molecular weight is 228 g/mol. The van der Waals surface area contributed by atoms with Gasteiger partial charge in [0.15, 0.2) is 0 Å². The van der Waals surface area contributed by atoms with Crippen LogP contribution in [-0.4, -0.2) is 49.6 Å². The molecule has 1 aliphatic heterocycles. The van der Waals surface area contributed by atoms with Crippen molar-refractivity contribution in [1.82, 2.24) is 10.2 Å². The van der Waals surface area contributed by atoms with E-state index in [-0.39, 0.29) is 24.5 Å². The Morgan fingerprint density at radius 3 is 2.50 bits per heavy atom. The number of likely N-dealkylation sites (tertiary alicyclic amines) is 1. The predicted octanol–water partition coefficient (Wildman–Crippen LogP) is 0.150. The zero-order chi connectivity index (χ0) is 12.0. The Kier molecular flexibility index (Phi) is 5.25. The number of carbonyl (C=O) groups is 2. The predicted molar refractivity (Wildman–Crippen MR) is 59.9 cm³/mol. The van der Waals surface area contributed by atoms with Crippen molar-refractivity contribution in [3.63, 3.8) is 0 Å². The Hall–Kier alpha value is -1.10. The normalized spacial score (nSPS) is 17.2. The number of amides is 1. The highest BCUT2D eigenvalue weighted by molar-refractivity contribution is 5.80. The van der Waals surface area contributed by atoms with Crippen LogP contribution >= 0.6 is 0 Å². The number of esters is 1. The summed E-state index contributed by atoms with van der Waals surface area (Å²) >= 11 is 0. The molecule has 1 rings (SSSR count). The Labute approximate surface area is 96.1 Å². The SMILES string of the molecule is CCC(NCC(=O)N1CCCC1)C(=O)OC. The molecule has 0 aromatic rings. The van der Waals surface area contributed by atoms with Crippen LogP contribution in [0.2, 0.25) is 0 Å². The largest absolute Gasteiger partial charge is 0.468 e. The van der Waals surface area contributed by atoms with Gasteiger partial charge in [0.2, 0.25) is 5.91 Å². The molecule has 5 heteroatoms. The topological polar surface area (TPSA) is 58.6 Å². The lowest BCUT2D eigenvalue weighted by Gasteiger charge is -2.18. The third-order valence-electron chi connectivity index (χ3n) is 2.85. The van der Waals surface area contributed by atoms with E-state index in [0.717, 1.165) is 25.9 Å². The first-order valence-electron chi connectivity index (χ1n) is 5.78. The molecule has 1 aliphatic rings. The fourth-order valence-electron chi connectivity index (χ4n) is 1.83. The summed E-state index contributed by atoms with van der Waals surface area (Å²) in [7, 11) is 1.36. The van der Waals surface area contributed by atoms with Crippen LogP contribution in [0.3, 0.4) is 0 Å². The first-order chi connectivity index (χ1) is 7.69. The van der Waals surface area contributed by atoms with Crippen molar-refractivity contribution in [2.24, 2.45) is 0 Å². The van der Waals surface area contributed by atoms with Gasteiger partial charge < -0.3 is 9.64 Å². The van der Waals surface area contributed by atoms with E-state index in [1.54, 1.807) is 0 Å². The summed E-state index contributed by atoms with van der Waals surface area (Å²) in [6.45, 7) is 3.79. The minimum absolute atomic E-state index is 0.0693. The maximum atomic E-state index is 11.7. The Bertz CT molecular complexity index is 250. The number of methoxy groups -OCH3 is 1. The molecule has 92 valence electrons. The van der Waals surface area contributed by atoms with Crippen molar-refractivity contribution in [3.05, 3.63) is 0 Å². The minimum atomic E-state index is -0.378. The standard InChI is InChI=1S/C11H20N2O3/c1-3-9(11(15)16-2)12-8-10(14)13-6-4-5-7-13/h9,12H,3-8H2,1-2H3. The first-order valence-corrected chi connectivity index (χ1v) is 5.78. The van der Waals surface area contributed by atoms with Gasteiger partial charge in [0.1, 0.15) is 6.04 Å². The van der Waals surface area contributed by atoms with Crippen LogP contribution < -0.4 is 5.32 Å². The van der Waals surface area contributed by atoms with Gasteiger partial charge in [0, 0.05) is 13.1 Å². The smallest absolute Gasteiger partial charge is 0.322 e. The van der Waals surface area contributed by atoms with Gasteiger partial charge in [-0.05, 0) is 19.3 Å². The molecule has 1 N–H and O–H groups in total. The van der Waals surface area contributed by atoms with Crippen LogP contribution in [0.4, 0.5) is 0 Å². The van der Waals surface area contributed by atoms with Crippen LogP contribution in [0, 0.1) is 0 Å². The molecular formula is C11H20N2O3. The Balaban J connectivity index is 2.31. The molecule has 0 radical (unpaired) electrons. The molecule has 0 aromatic carbocycles. The second kappa shape index (κ2) is 6.48. The fraction of sp³-hybridized carbons (Fsp3) is 0.818. The molecule has 1 unspecified atom stereocenters. The second-order valence-corrected chi connectivity index (χ2v) is 3.95. The zero-order valence-electron chi connectivity index (χ0n) is 9.99. The molecule has 0 saturated carbocycles. The lowest BCUT2D eigenvalue weighted by atomic mass is 10.2. The lowest BCUT2D eigenvalue weighted by molar-refractivity contribution is -0.143. The number of carbonyl (C=O) groups excluding carboxylic acids is 2. The summed E-state index contributed by atoms with van der Waals surface area (Å²) < 4.78 is 4.63. The molecular weight excluding hydrogens is 208 g/mol. The van der Waals surface area contributed by atoms with Gasteiger partial charge in [0.25, 0.3) is 0 Å². The van der Waals surface area contributed by atoms with Crippen molar-refractivity contribution < 1.29 is 14.3 Å². The van der Waals surface area contributed by atoms with Gasteiger partial charge >= 0.3 is 5.97 Å². The highest BCUT2D eigenvalue weighted by atomic mass is 16.5. The molecule has 1 heterocycles. The van der Waals surface area contributed by atoms with Crippen molar-refractivity contribution in [2.45, 2.75) is 32.2 Å². The Morgan fingerprint density at radius 2 is 2.00 bits per heavy atom. The fourth-order valence-corrected chi connectivity index (χ4v) is 1.83. The maximum Gasteiger partial charge on any atom is 0.322 e. The number of nitrogens with one attached hydrogen (secondary N) is 1. The Morgan fingerprint density at radius 1 is 1.38 bits per heavy atom. The van der Waals surface area contributed by atoms with E-state index in [4.69, 9.17) is 0 Å². The molecule has 1 saturated heterocycles. The van der Waals surface area contributed by atoms with E-state index in [1.165, 1.54) is 7.11 Å². The van der Waals surface area contributed by atoms with Crippen LogP contribution in [0.1, 0.15) is 26.2 Å². The molecule has 0 aromatic heterocycles. The number of rotatable bonds is 5. The van der Waals surface area contributed by atoms with E-state index < -0.39 is 0 Å². The van der Waals surface area contributed by atoms with Gasteiger partial charge in [0.05, 0.1) is 13.7 Å². The van der Waals surface area contributed by atoms with Crippen molar-refractivity contribution in [1.29, 1.82) is 0 Å². The van der Waals surface area contributed by atoms with Gasteiger partial charge in [-0.25, -0.2) is 0 Å². The molecule has 0 bridgehead atoms. The van der Waals surface area contributed by atoms with Gasteiger partial charge in [-0.15, -0.1) is 0 Å². The summed E-state index contributed by atoms with van der Waals surface area (Å²) in [5.41, 5.74) is 0. The van der Waals surface area contributed by atoms with Crippen LogP contribution in [-0.2, 0) is 14.3 Å². The number of nitrogens with zero attached hydrogens (tertiary/aromatic N) is 1. The highest BCUT2D eigenvalue weighted by Crippen LogP contribution is 2.07. The summed E-state index contributed by atoms with van der Waals surface area (Å²) in [5, 5.41) is 2.93. The van der Waals surface area contributed by atoms with E-state index in [2.05, 4.69) is 10.1 Å². The summed E-state index contributed by atoms with van der Waals surface area (Å²) in [6.07, 6.45) is 2.79. The summed E-state index contributed by atoms with van der Waals surface area (Å²) in [6, 6.07) is -0.378. The van der Waals surface area contributed by atoms with Crippen LogP contribution in [0.5, 0.6) is 0 Å². The van der Waals surface area contributed by atoms with Gasteiger partial charge in [-0.1, -0.05) is 6.92 Å². The van der Waals surface area contributed by atoms with Gasteiger partial charge in [-0.2, -0.15) is 0 Å². The van der Waals surface area contributed by atoms with E-state index in [1.807, 2.05) is 11.8 Å². The number of hydrogen-bond acceptors (Lipinski definition) is 4. The molecule has 5 nitrogen and oxygen atoms in total. The monoisotopic (exact) mass is 228 g/mol. The molecule has 1 amide bonds. The molecule has 0 spiro atoms. The van der Waals surface area contributed by atoms with Crippen molar-refractivity contribution >= 4 is 11.9 Å². The third kappa shape index (κ3) is 3.48. The first kappa shape index (κ1) is 13.0. The highest BCUT2D eigenvalue weighted by Gasteiger charge is 2.21. The van der Waals surface area contributed by atoms with Crippen molar-refractivity contribution in [3.8, 4) is 0 Å². The maximum absolute atomic E-state index is 11.7. The number of ether oxygens (including phenoxy) is 1. The molecule has 16 heavy (non-hydrogen) atoms. The third-order valence-corrected chi connectivity index (χ3v) is 2.85. The molecule has 1 atom stereocenters. The summed E-state index contributed by atoms with van der Waals surface area (Å²) in [5.74, 6) is -0.239. The summed E-state index contributed by atoms with van der Waals surface area (Å²) in [4.78, 5) is 24.8. The quantitative estimate of drug-likeness (QED) is 0.680. The lowest BCUT2D eigenvalue weighted by Crippen LogP contribution is -2.44. The molecule has 1 fully saturated rings. The number of hydrogen-bond donors (Lipinski definition) is 1. The zero-order valence-corrected chi connectivity index (χ0v) is 9.99. The van der Waals surface area contributed by atoms with E-state index >= 15 is 0 Å². The van der Waals surface area contributed by atoms with Gasteiger partial charge in [-0.3, -0.25) is 14.9 Å². The molecule has 0 aliphatic carbocycles. The second-order valence-electron chi connectivity index (χ2n) is 3.95. The van der Waals surface area contributed by atoms with E-state index in [0.29, 0.717) is 6.42 Å².